The number of nitrogens with zero attached hydrogens (tertiary/aromatic N) is 3. The fraction of sp³-hybridized carbons (Fsp3) is 0. The number of fused-ring (bicyclic) bond motifs is 1. The first-order valence-electron chi connectivity index (χ1n) is 5.29. The molecule has 0 unspecified atom stereocenters. The van der Waals surface area contributed by atoms with E-state index in [1.807, 2.05) is 24.3 Å². The number of nitrogens with two attached hydrogens (primary N) is 1. The van der Waals surface area contributed by atoms with Crippen LogP contribution in [0.3, 0.4) is 0 Å². The maximum Gasteiger partial charge on any atom is 0.133 e. The summed E-state index contributed by atoms with van der Waals surface area (Å²) in [6.45, 7) is 0. The fourth-order valence-corrected chi connectivity index (χ4v) is 2.60. The monoisotopic (exact) mass is 252 g/mol. The van der Waals surface area contributed by atoms with Crippen molar-refractivity contribution in [2.24, 2.45) is 0 Å². The summed E-state index contributed by atoms with van der Waals surface area (Å²) >= 11 is 1.27. The first kappa shape index (κ1) is 10.7. The molecule has 3 rings (SSSR count). The molecule has 86 valence electrons. The summed E-state index contributed by atoms with van der Waals surface area (Å²) in [5.74, 6) is 0. The molecule has 0 aliphatic carbocycles. The van der Waals surface area contributed by atoms with Gasteiger partial charge in [0.25, 0.3) is 0 Å². The molecule has 0 saturated carbocycles. The van der Waals surface area contributed by atoms with E-state index >= 15 is 0 Å². The van der Waals surface area contributed by atoms with Gasteiger partial charge in [-0.1, -0.05) is 0 Å². The van der Waals surface area contributed by atoms with Crippen LogP contribution in [0.5, 0.6) is 0 Å². The van der Waals surface area contributed by atoms with E-state index in [0.717, 1.165) is 16.6 Å². The van der Waals surface area contributed by atoms with Gasteiger partial charge < -0.3 is 5.73 Å². The summed E-state index contributed by atoms with van der Waals surface area (Å²) in [7, 11) is 0. The third-order valence-corrected chi connectivity index (χ3v) is 3.59. The van der Waals surface area contributed by atoms with E-state index < -0.39 is 0 Å². The predicted octanol–water partition coefficient (Wildman–Crippen LogP) is 2.81. The zero-order valence-corrected chi connectivity index (χ0v) is 10.1. The van der Waals surface area contributed by atoms with Crippen LogP contribution in [0.15, 0.2) is 36.7 Å². The van der Waals surface area contributed by atoms with Crippen LogP contribution in [0.25, 0.3) is 22.2 Å². The van der Waals surface area contributed by atoms with Crippen molar-refractivity contribution in [1.29, 1.82) is 5.26 Å². The molecular weight excluding hydrogens is 244 g/mol. The molecule has 18 heavy (non-hydrogen) atoms. The highest BCUT2D eigenvalue weighted by Gasteiger charge is 2.11. The first-order valence-corrected chi connectivity index (χ1v) is 6.11. The topological polar surface area (TPSA) is 75.6 Å². The molecule has 0 spiro atoms. The number of anilines is 1. The Labute approximate surface area is 107 Å². The first-order chi connectivity index (χ1) is 8.79. The van der Waals surface area contributed by atoms with E-state index in [1.165, 1.54) is 11.3 Å². The van der Waals surface area contributed by atoms with Gasteiger partial charge in [-0.25, -0.2) is 4.98 Å². The third kappa shape index (κ3) is 1.60. The zero-order chi connectivity index (χ0) is 12.5. The Morgan fingerprint density at radius 1 is 1.17 bits per heavy atom. The summed E-state index contributed by atoms with van der Waals surface area (Å²) in [6.07, 6.45) is 3.43. The van der Waals surface area contributed by atoms with Crippen molar-refractivity contribution < 1.29 is 0 Å². The second kappa shape index (κ2) is 4.09. The van der Waals surface area contributed by atoms with Crippen molar-refractivity contribution in [2.45, 2.75) is 0 Å². The lowest BCUT2D eigenvalue weighted by Gasteiger charge is -2.00. The van der Waals surface area contributed by atoms with Crippen molar-refractivity contribution in [2.75, 3.05) is 5.73 Å². The smallest absolute Gasteiger partial charge is 0.133 e. The maximum absolute atomic E-state index is 9.07. The van der Waals surface area contributed by atoms with E-state index in [0.29, 0.717) is 15.4 Å². The molecule has 5 heteroatoms. The lowest BCUT2D eigenvalue weighted by molar-refractivity contribution is 1.31. The molecule has 0 aromatic carbocycles. The highest BCUT2D eigenvalue weighted by atomic mass is 32.1. The number of nitrogen functional groups attached to an aromatic ring is 1. The van der Waals surface area contributed by atoms with E-state index in [4.69, 9.17) is 11.0 Å². The SMILES string of the molecule is N#Cc1sc(N)c2ccc(-c3ccncc3)nc12. The summed E-state index contributed by atoms with van der Waals surface area (Å²) in [5.41, 5.74) is 8.33. The van der Waals surface area contributed by atoms with Crippen LogP contribution in [-0.4, -0.2) is 9.97 Å². The Kier molecular flexibility index (Phi) is 2.43. The van der Waals surface area contributed by atoms with Crippen LogP contribution < -0.4 is 5.73 Å². The normalized spacial score (nSPS) is 10.4. The lowest BCUT2D eigenvalue weighted by atomic mass is 10.1. The van der Waals surface area contributed by atoms with Crippen molar-refractivity contribution in [3.8, 4) is 17.3 Å². The van der Waals surface area contributed by atoms with Crippen molar-refractivity contribution in [1.82, 2.24) is 9.97 Å². The van der Waals surface area contributed by atoms with Gasteiger partial charge in [0.05, 0.1) is 10.7 Å². The third-order valence-electron chi connectivity index (χ3n) is 2.67. The highest BCUT2D eigenvalue weighted by molar-refractivity contribution is 7.18. The minimum atomic E-state index is 0.554. The van der Waals surface area contributed by atoms with Gasteiger partial charge in [0.15, 0.2) is 0 Å². The van der Waals surface area contributed by atoms with Crippen molar-refractivity contribution >= 4 is 27.2 Å². The average Bonchev–Trinajstić information content (AvgIpc) is 2.76. The maximum atomic E-state index is 9.07. The average molecular weight is 252 g/mol. The van der Waals surface area contributed by atoms with Gasteiger partial charge in [-0.15, -0.1) is 11.3 Å². The number of aromatic nitrogens is 2. The summed E-state index contributed by atoms with van der Waals surface area (Å²) in [6, 6.07) is 9.72. The van der Waals surface area contributed by atoms with Crippen molar-refractivity contribution in [3.05, 3.63) is 41.5 Å². The molecule has 0 amide bonds. The molecule has 0 bridgehead atoms. The molecule has 0 radical (unpaired) electrons. The van der Waals surface area contributed by atoms with E-state index in [9.17, 15) is 0 Å². The fourth-order valence-electron chi connectivity index (χ4n) is 1.80. The van der Waals surface area contributed by atoms with Gasteiger partial charge >= 0.3 is 0 Å². The number of rotatable bonds is 1. The van der Waals surface area contributed by atoms with Crippen LogP contribution in [0.4, 0.5) is 5.00 Å². The van der Waals surface area contributed by atoms with Gasteiger partial charge in [0.1, 0.15) is 16.5 Å². The standard InChI is InChI=1S/C13H8N4S/c14-7-11-12-9(13(15)18-11)1-2-10(17-12)8-3-5-16-6-4-8/h1-6H,15H2. The molecule has 0 saturated heterocycles. The van der Waals surface area contributed by atoms with Crippen LogP contribution in [0.2, 0.25) is 0 Å². The van der Waals surface area contributed by atoms with Crippen molar-refractivity contribution in [3.63, 3.8) is 0 Å². The minimum Gasteiger partial charge on any atom is -0.390 e. The molecule has 3 aromatic heterocycles. The molecule has 0 atom stereocenters. The second-order valence-electron chi connectivity index (χ2n) is 3.74. The quantitative estimate of drug-likeness (QED) is 0.722. The van der Waals surface area contributed by atoms with E-state index in [1.54, 1.807) is 12.4 Å². The molecule has 3 heterocycles. The Balaban J connectivity index is 2.26. The van der Waals surface area contributed by atoms with Crippen LogP contribution >= 0.6 is 11.3 Å². The molecule has 4 nitrogen and oxygen atoms in total. The number of pyridine rings is 2. The molecular formula is C13H8N4S. The van der Waals surface area contributed by atoms with Crippen LogP contribution in [0.1, 0.15) is 4.88 Å². The molecule has 0 fully saturated rings. The number of hydrogen-bond donors (Lipinski definition) is 1. The van der Waals surface area contributed by atoms with Crippen LogP contribution in [-0.2, 0) is 0 Å². The summed E-state index contributed by atoms with van der Waals surface area (Å²) < 4.78 is 0. The Morgan fingerprint density at radius 2 is 1.94 bits per heavy atom. The van der Waals surface area contributed by atoms with Gasteiger partial charge in [-0.05, 0) is 24.3 Å². The van der Waals surface area contributed by atoms with Crippen LogP contribution in [0, 0.1) is 11.3 Å². The van der Waals surface area contributed by atoms with E-state index in [2.05, 4.69) is 16.0 Å². The molecule has 3 aromatic rings. The van der Waals surface area contributed by atoms with Gasteiger partial charge in [0.2, 0.25) is 0 Å². The second-order valence-corrected chi connectivity index (χ2v) is 4.79. The number of nitriles is 1. The Hall–Kier alpha value is -2.45. The number of thiophene rings is 1. The largest absolute Gasteiger partial charge is 0.390 e. The minimum absolute atomic E-state index is 0.554. The summed E-state index contributed by atoms with van der Waals surface area (Å²) in [4.78, 5) is 9.04. The zero-order valence-electron chi connectivity index (χ0n) is 9.29. The Morgan fingerprint density at radius 3 is 2.67 bits per heavy atom. The molecule has 0 aliphatic rings. The highest BCUT2D eigenvalue weighted by Crippen LogP contribution is 2.33. The molecule has 0 aliphatic heterocycles. The summed E-state index contributed by atoms with van der Waals surface area (Å²) in [5, 5.41) is 10.5. The Bertz CT molecular complexity index is 756. The lowest BCUT2D eigenvalue weighted by Crippen LogP contribution is -1.86. The van der Waals surface area contributed by atoms with Gasteiger partial charge in [-0.3, -0.25) is 4.98 Å². The molecule has 2 N–H and O–H groups in total. The predicted molar refractivity (Wildman–Crippen MR) is 72.0 cm³/mol. The van der Waals surface area contributed by atoms with Gasteiger partial charge in [0, 0.05) is 23.3 Å². The number of hydrogen-bond acceptors (Lipinski definition) is 5. The van der Waals surface area contributed by atoms with Gasteiger partial charge in [-0.2, -0.15) is 5.26 Å². The van der Waals surface area contributed by atoms with E-state index in [-0.39, 0.29) is 0 Å².